The average molecular weight is 413 g/mol. The molecule has 2 heterocycles. The number of hydrogen-bond donors (Lipinski definition) is 3. The van der Waals surface area contributed by atoms with Gasteiger partial charge in [-0.15, -0.1) is 11.3 Å². The minimum atomic E-state index is -0.500. The van der Waals surface area contributed by atoms with Crippen LogP contribution in [0.4, 0.5) is 5.13 Å². The number of aromatic hydroxyl groups is 1. The monoisotopic (exact) mass is 412 g/mol. The van der Waals surface area contributed by atoms with Gasteiger partial charge < -0.3 is 10.1 Å². The lowest BCUT2D eigenvalue weighted by Gasteiger charge is -2.22. The van der Waals surface area contributed by atoms with Gasteiger partial charge >= 0.3 is 0 Å². The molecule has 8 heteroatoms. The highest BCUT2D eigenvalue weighted by Gasteiger charge is 2.15. The van der Waals surface area contributed by atoms with Crippen molar-refractivity contribution < 1.29 is 5.11 Å². The molecule has 3 N–H and O–H groups in total. The third-order valence-electron chi connectivity index (χ3n) is 5.04. The minimum Gasteiger partial charge on any atom is -0.494 e. The van der Waals surface area contributed by atoms with Crippen LogP contribution in [0, 0.1) is 4.77 Å². The molecular weight excluding hydrogens is 392 g/mol. The van der Waals surface area contributed by atoms with Crippen molar-refractivity contribution in [2.24, 2.45) is 4.99 Å². The smallest absolute Gasteiger partial charge is 0.264 e. The summed E-state index contributed by atoms with van der Waals surface area (Å²) in [5.74, 6) is 0.370. The van der Waals surface area contributed by atoms with E-state index in [4.69, 9.17) is 12.2 Å². The molecule has 0 amide bonds. The van der Waals surface area contributed by atoms with Gasteiger partial charge in [-0.05, 0) is 36.5 Å². The molecule has 6 nitrogen and oxygen atoms in total. The van der Waals surface area contributed by atoms with E-state index < -0.39 is 5.56 Å². The first-order chi connectivity index (χ1) is 13.6. The number of aromatic amines is 2. The van der Waals surface area contributed by atoms with Crippen molar-refractivity contribution in [3.63, 3.8) is 0 Å². The Kier molecular flexibility index (Phi) is 5.50. The standard InChI is InChI=1S/C20H20N4O2S2/c25-17-15(18(26)24-19(27)23-17)10-21-20-22-16(11-28-20)14-8-6-13(7-9-14)12-4-2-1-3-5-12/h6-12H,1-5H2,(H3,23,24,25,26,27). The predicted octanol–water partition coefficient (Wildman–Crippen LogP) is 5.06. The lowest BCUT2D eigenvalue weighted by molar-refractivity contribution is 0.443. The first-order valence-corrected chi connectivity index (χ1v) is 10.5. The topological polar surface area (TPSA) is 94.1 Å². The quantitative estimate of drug-likeness (QED) is 0.412. The van der Waals surface area contributed by atoms with Gasteiger partial charge in [0.15, 0.2) is 4.77 Å². The van der Waals surface area contributed by atoms with Gasteiger partial charge in [0.25, 0.3) is 5.56 Å². The normalized spacial score (nSPS) is 15.3. The van der Waals surface area contributed by atoms with Crippen molar-refractivity contribution in [1.29, 1.82) is 0 Å². The molecule has 1 aliphatic rings. The van der Waals surface area contributed by atoms with E-state index in [0.29, 0.717) is 11.0 Å². The van der Waals surface area contributed by atoms with Crippen LogP contribution in [-0.4, -0.2) is 26.3 Å². The number of thiazole rings is 1. The van der Waals surface area contributed by atoms with E-state index in [1.165, 1.54) is 55.2 Å². The SMILES string of the molecule is O=c1[nH]c(=S)[nH]c(O)c1C=Nc1nc(-c2ccc(C3CCCCC3)cc2)cs1. The molecule has 0 atom stereocenters. The maximum absolute atomic E-state index is 11.9. The highest BCUT2D eigenvalue weighted by atomic mass is 32.1. The maximum atomic E-state index is 11.9. The fraction of sp³-hybridized carbons (Fsp3) is 0.300. The average Bonchev–Trinajstić information content (AvgIpc) is 3.17. The molecule has 1 fully saturated rings. The van der Waals surface area contributed by atoms with Crippen molar-refractivity contribution in [1.82, 2.24) is 15.0 Å². The summed E-state index contributed by atoms with van der Waals surface area (Å²) in [6.07, 6.45) is 7.86. The van der Waals surface area contributed by atoms with Crippen LogP contribution in [0.25, 0.3) is 11.3 Å². The Hall–Kier alpha value is -2.58. The van der Waals surface area contributed by atoms with Gasteiger partial charge in [0.2, 0.25) is 11.0 Å². The number of benzene rings is 1. The van der Waals surface area contributed by atoms with Crippen LogP contribution in [0.3, 0.4) is 0 Å². The number of nitrogens with zero attached hydrogens (tertiary/aromatic N) is 2. The third-order valence-corrected chi connectivity index (χ3v) is 5.99. The molecule has 0 aliphatic heterocycles. The molecule has 28 heavy (non-hydrogen) atoms. The van der Waals surface area contributed by atoms with Gasteiger partial charge in [-0.2, -0.15) is 0 Å². The second-order valence-electron chi connectivity index (χ2n) is 6.90. The van der Waals surface area contributed by atoms with E-state index in [-0.39, 0.29) is 16.2 Å². The maximum Gasteiger partial charge on any atom is 0.264 e. The van der Waals surface area contributed by atoms with E-state index in [0.717, 1.165) is 11.3 Å². The van der Waals surface area contributed by atoms with Gasteiger partial charge in [-0.1, -0.05) is 43.5 Å². The third kappa shape index (κ3) is 4.13. The molecular formula is C20H20N4O2S2. The van der Waals surface area contributed by atoms with Gasteiger partial charge in [-0.3, -0.25) is 9.78 Å². The Morgan fingerprint density at radius 2 is 1.93 bits per heavy atom. The van der Waals surface area contributed by atoms with Crippen molar-refractivity contribution in [3.05, 3.63) is 55.9 Å². The van der Waals surface area contributed by atoms with Crippen LogP contribution in [-0.2, 0) is 0 Å². The molecule has 3 aromatic rings. The van der Waals surface area contributed by atoms with Gasteiger partial charge in [0.1, 0.15) is 5.56 Å². The lowest BCUT2D eigenvalue weighted by atomic mass is 9.84. The zero-order valence-corrected chi connectivity index (χ0v) is 16.8. The van der Waals surface area contributed by atoms with Crippen LogP contribution < -0.4 is 5.56 Å². The summed E-state index contributed by atoms with van der Waals surface area (Å²) in [5, 5.41) is 12.3. The van der Waals surface area contributed by atoms with E-state index >= 15 is 0 Å². The molecule has 0 unspecified atom stereocenters. The predicted molar refractivity (Wildman–Crippen MR) is 115 cm³/mol. The summed E-state index contributed by atoms with van der Waals surface area (Å²) in [5.41, 5.74) is 2.81. The molecule has 144 valence electrons. The molecule has 4 rings (SSSR count). The molecule has 0 radical (unpaired) electrons. The van der Waals surface area contributed by atoms with Crippen molar-refractivity contribution in [2.75, 3.05) is 0 Å². The number of aromatic nitrogens is 3. The summed E-state index contributed by atoms with van der Waals surface area (Å²) < 4.78 is 0.0628. The summed E-state index contributed by atoms with van der Waals surface area (Å²) in [4.78, 5) is 25.5. The van der Waals surface area contributed by atoms with E-state index in [9.17, 15) is 9.90 Å². The largest absolute Gasteiger partial charge is 0.494 e. The summed E-state index contributed by atoms with van der Waals surface area (Å²) in [7, 11) is 0. The Labute approximate surface area is 171 Å². The number of hydrogen-bond acceptors (Lipinski definition) is 6. The number of aliphatic imine (C=N–C) groups is 1. The number of rotatable bonds is 4. The van der Waals surface area contributed by atoms with Crippen LogP contribution in [0.2, 0.25) is 0 Å². The second kappa shape index (κ2) is 8.20. The van der Waals surface area contributed by atoms with Crippen molar-refractivity contribution in [2.45, 2.75) is 38.0 Å². The molecule has 1 saturated carbocycles. The molecule has 0 bridgehead atoms. The van der Waals surface area contributed by atoms with Gasteiger partial charge in [0, 0.05) is 17.2 Å². The lowest BCUT2D eigenvalue weighted by Crippen LogP contribution is -2.13. The number of H-pyrrole nitrogens is 2. The van der Waals surface area contributed by atoms with E-state index in [1.807, 2.05) is 5.38 Å². The minimum absolute atomic E-state index is 0.0159. The van der Waals surface area contributed by atoms with Gasteiger partial charge in [-0.25, -0.2) is 9.98 Å². The fourth-order valence-corrected chi connectivity index (χ4v) is 4.40. The first-order valence-electron chi connectivity index (χ1n) is 9.25. The number of nitrogens with one attached hydrogen (secondary N) is 2. The highest BCUT2D eigenvalue weighted by Crippen LogP contribution is 2.34. The fourth-order valence-electron chi connectivity index (χ4n) is 3.54. The highest BCUT2D eigenvalue weighted by molar-refractivity contribution is 7.71. The van der Waals surface area contributed by atoms with Crippen LogP contribution in [0.1, 0.15) is 49.1 Å². The van der Waals surface area contributed by atoms with Crippen LogP contribution in [0.5, 0.6) is 5.88 Å². The summed E-state index contributed by atoms with van der Waals surface area (Å²) in [6.45, 7) is 0. The molecule has 2 aromatic heterocycles. The first kappa shape index (κ1) is 18.8. The van der Waals surface area contributed by atoms with Crippen LogP contribution in [0.15, 0.2) is 39.4 Å². The second-order valence-corrected chi connectivity index (χ2v) is 8.15. The Balaban J connectivity index is 1.51. The molecule has 0 saturated heterocycles. The summed E-state index contributed by atoms with van der Waals surface area (Å²) >= 11 is 6.18. The zero-order chi connectivity index (χ0) is 19.5. The van der Waals surface area contributed by atoms with E-state index in [1.54, 1.807) is 0 Å². The van der Waals surface area contributed by atoms with E-state index in [2.05, 4.69) is 44.2 Å². The Bertz CT molecular complexity index is 1110. The summed E-state index contributed by atoms with van der Waals surface area (Å²) in [6, 6.07) is 8.63. The van der Waals surface area contributed by atoms with Crippen molar-refractivity contribution in [3.8, 4) is 17.1 Å². The zero-order valence-electron chi connectivity index (χ0n) is 15.1. The Morgan fingerprint density at radius 3 is 2.64 bits per heavy atom. The molecule has 0 spiro atoms. The molecule has 1 aromatic carbocycles. The Morgan fingerprint density at radius 1 is 1.18 bits per heavy atom. The molecule has 1 aliphatic carbocycles. The van der Waals surface area contributed by atoms with Crippen molar-refractivity contribution >= 4 is 34.9 Å². The van der Waals surface area contributed by atoms with Crippen LogP contribution >= 0.6 is 23.6 Å². The van der Waals surface area contributed by atoms with Gasteiger partial charge in [0.05, 0.1) is 5.69 Å².